The van der Waals surface area contributed by atoms with E-state index in [1.165, 1.54) is 36.8 Å². The summed E-state index contributed by atoms with van der Waals surface area (Å²) >= 11 is 1.12. The van der Waals surface area contributed by atoms with Crippen LogP contribution >= 0.6 is 11.3 Å². The zero-order chi connectivity index (χ0) is 26.1. The van der Waals surface area contributed by atoms with Crippen LogP contribution in [0.5, 0.6) is 11.5 Å². The van der Waals surface area contributed by atoms with Crippen LogP contribution in [-0.4, -0.2) is 51.0 Å². The Kier molecular flexibility index (Phi) is 9.28. The van der Waals surface area contributed by atoms with Gasteiger partial charge in [-0.2, -0.15) is 5.10 Å². The summed E-state index contributed by atoms with van der Waals surface area (Å²) in [4.78, 5) is 27.4. The SMILES string of the molecule is COc1cc(OCCF)c(F)c(C(Nc2ccc(C)cc2)/C(=N/N(C)c2ncsc2C=O)NC=O)c1. The van der Waals surface area contributed by atoms with Gasteiger partial charge in [-0.05, 0) is 25.1 Å². The molecule has 0 saturated carbocycles. The van der Waals surface area contributed by atoms with Crippen LogP contribution in [0.2, 0.25) is 0 Å². The fraction of sp³-hybridized carbons (Fsp3) is 0.250. The molecule has 0 saturated heterocycles. The van der Waals surface area contributed by atoms with E-state index >= 15 is 4.39 Å². The molecule has 1 heterocycles. The lowest BCUT2D eigenvalue weighted by atomic mass is 10.0. The van der Waals surface area contributed by atoms with E-state index in [0.29, 0.717) is 23.3 Å². The molecule has 1 amide bonds. The van der Waals surface area contributed by atoms with Gasteiger partial charge in [-0.3, -0.25) is 9.59 Å². The molecule has 0 spiro atoms. The fourth-order valence-electron chi connectivity index (χ4n) is 3.30. The lowest BCUT2D eigenvalue weighted by molar-refractivity contribution is -0.108. The topological polar surface area (TPSA) is 105 Å². The number of hydrogen-bond acceptors (Lipinski definition) is 9. The molecule has 3 rings (SSSR count). The maximum atomic E-state index is 15.7. The molecule has 1 aromatic heterocycles. The summed E-state index contributed by atoms with van der Waals surface area (Å²) in [7, 11) is 2.93. The number of aryl methyl sites for hydroxylation is 1. The Bertz CT molecular complexity index is 1220. The van der Waals surface area contributed by atoms with Crippen molar-refractivity contribution in [2.24, 2.45) is 5.10 Å². The zero-order valence-electron chi connectivity index (χ0n) is 19.8. The number of carbonyl (C=O) groups is 2. The first kappa shape index (κ1) is 26.5. The second-order valence-electron chi connectivity index (χ2n) is 7.44. The number of alkyl halides is 1. The summed E-state index contributed by atoms with van der Waals surface area (Å²) in [6.07, 6.45) is 1.04. The quantitative estimate of drug-likeness (QED) is 0.161. The summed E-state index contributed by atoms with van der Waals surface area (Å²) in [5.41, 5.74) is 3.11. The van der Waals surface area contributed by atoms with Crippen molar-refractivity contribution in [3.63, 3.8) is 0 Å². The van der Waals surface area contributed by atoms with Crippen molar-refractivity contribution < 1.29 is 27.8 Å². The minimum atomic E-state index is -1.07. The molecule has 2 N–H and O–H groups in total. The molecule has 0 aliphatic heterocycles. The lowest BCUT2D eigenvalue weighted by Gasteiger charge is -2.25. The molecule has 0 bridgehead atoms. The highest BCUT2D eigenvalue weighted by Crippen LogP contribution is 2.34. The predicted octanol–water partition coefficient (Wildman–Crippen LogP) is 4.11. The first-order chi connectivity index (χ1) is 17.4. The monoisotopic (exact) mass is 517 g/mol. The first-order valence-electron chi connectivity index (χ1n) is 10.7. The largest absolute Gasteiger partial charge is 0.497 e. The van der Waals surface area contributed by atoms with Gasteiger partial charge in [0.05, 0.1) is 12.6 Å². The van der Waals surface area contributed by atoms with Gasteiger partial charge in [-0.25, -0.2) is 18.8 Å². The molecule has 0 aliphatic carbocycles. The Balaban J connectivity index is 2.16. The van der Waals surface area contributed by atoms with Gasteiger partial charge < -0.3 is 20.1 Å². The van der Waals surface area contributed by atoms with Gasteiger partial charge in [0.15, 0.2) is 29.5 Å². The summed E-state index contributed by atoms with van der Waals surface area (Å²) in [5, 5.41) is 11.4. The van der Waals surface area contributed by atoms with Gasteiger partial charge in [0.1, 0.15) is 29.9 Å². The summed E-state index contributed by atoms with van der Waals surface area (Å²) in [5.74, 6) is -0.523. The molecule has 2 aromatic carbocycles. The van der Waals surface area contributed by atoms with E-state index in [1.54, 1.807) is 12.1 Å². The molecule has 36 heavy (non-hydrogen) atoms. The lowest BCUT2D eigenvalue weighted by Crippen LogP contribution is -2.36. The van der Waals surface area contributed by atoms with Crippen molar-refractivity contribution in [2.45, 2.75) is 13.0 Å². The van der Waals surface area contributed by atoms with E-state index in [0.717, 1.165) is 16.9 Å². The summed E-state index contributed by atoms with van der Waals surface area (Å²) in [6, 6.07) is 8.95. The Morgan fingerprint density at radius 3 is 2.67 bits per heavy atom. The number of aldehydes is 1. The number of nitrogens with zero attached hydrogens (tertiary/aromatic N) is 3. The highest BCUT2D eigenvalue weighted by molar-refractivity contribution is 7.11. The number of aromatic nitrogens is 1. The molecule has 12 heteroatoms. The fourth-order valence-corrected chi connectivity index (χ4v) is 3.91. The minimum Gasteiger partial charge on any atom is -0.497 e. The number of halogens is 2. The summed E-state index contributed by atoms with van der Waals surface area (Å²) in [6.45, 7) is 0.758. The van der Waals surface area contributed by atoms with Crippen molar-refractivity contribution >= 4 is 41.4 Å². The average molecular weight is 518 g/mol. The number of ether oxygens (including phenoxy) is 2. The predicted molar refractivity (Wildman–Crippen MR) is 135 cm³/mol. The number of hydrazone groups is 1. The number of amidine groups is 1. The van der Waals surface area contributed by atoms with E-state index in [4.69, 9.17) is 9.47 Å². The maximum absolute atomic E-state index is 15.7. The highest BCUT2D eigenvalue weighted by Gasteiger charge is 2.27. The van der Waals surface area contributed by atoms with Crippen LogP contribution in [0.15, 0.2) is 47.0 Å². The summed E-state index contributed by atoms with van der Waals surface area (Å²) < 4.78 is 39.0. The van der Waals surface area contributed by atoms with Crippen LogP contribution in [0.25, 0.3) is 0 Å². The number of nitrogens with one attached hydrogen (secondary N) is 2. The third-order valence-electron chi connectivity index (χ3n) is 5.01. The average Bonchev–Trinajstić information content (AvgIpc) is 3.37. The van der Waals surface area contributed by atoms with Crippen molar-refractivity contribution in [3.8, 4) is 11.5 Å². The van der Waals surface area contributed by atoms with E-state index in [2.05, 4.69) is 20.7 Å². The van der Waals surface area contributed by atoms with Crippen LogP contribution in [0.1, 0.15) is 26.8 Å². The maximum Gasteiger partial charge on any atom is 0.212 e. The number of amides is 1. The second kappa shape index (κ2) is 12.6. The second-order valence-corrected chi connectivity index (χ2v) is 8.33. The number of hydrogen-bond donors (Lipinski definition) is 2. The van der Waals surface area contributed by atoms with Crippen LogP contribution in [-0.2, 0) is 4.79 Å². The van der Waals surface area contributed by atoms with Crippen LogP contribution < -0.4 is 25.1 Å². The molecule has 190 valence electrons. The van der Waals surface area contributed by atoms with E-state index < -0.39 is 18.5 Å². The van der Waals surface area contributed by atoms with Gasteiger partial charge in [-0.1, -0.05) is 17.7 Å². The van der Waals surface area contributed by atoms with Gasteiger partial charge in [0, 0.05) is 24.4 Å². The van der Waals surface area contributed by atoms with E-state index in [-0.39, 0.29) is 35.3 Å². The minimum absolute atomic E-state index is 0.0125. The van der Waals surface area contributed by atoms with Crippen LogP contribution in [0.4, 0.5) is 20.3 Å². The molecule has 0 radical (unpaired) electrons. The van der Waals surface area contributed by atoms with Crippen LogP contribution in [0.3, 0.4) is 0 Å². The van der Waals surface area contributed by atoms with Gasteiger partial charge in [-0.15, -0.1) is 11.3 Å². The Hall–Kier alpha value is -4.06. The standard InChI is InChI=1S/C24H25F2N5O4S/c1-15-4-6-16(7-5-15)29-22(18-10-17(34-3)11-19(21(18)26)35-9-8-25)23(27-13-33)30-31(2)24-20(12-32)36-14-28-24/h4-7,10-14,22,29H,8-9H2,1-3H3,(H,27,30,33). The molecule has 3 aromatic rings. The van der Waals surface area contributed by atoms with Crippen molar-refractivity contribution in [1.82, 2.24) is 10.3 Å². The van der Waals surface area contributed by atoms with Crippen molar-refractivity contribution in [1.29, 1.82) is 0 Å². The molecular formula is C24H25F2N5O4S. The number of rotatable bonds is 12. The highest BCUT2D eigenvalue weighted by atomic mass is 32.1. The molecule has 0 fully saturated rings. The normalized spacial score (nSPS) is 12.0. The molecule has 1 unspecified atom stereocenters. The van der Waals surface area contributed by atoms with Crippen LogP contribution in [0, 0.1) is 12.7 Å². The zero-order valence-corrected chi connectivity index (χ0v) is 20.6. The number of thiazole rings is 1. The van der Waals surface area contributed by atoms with Gasteiger partial charge >= 0.3 is 0 Å². The first-order valence-corrected chi connectivity index (χ1v) is 11.6. The van der Waals surface area contributed by atoms with Crippen molar-refractivity contribution in [2.75, 3.05) is 37.8 Å². The third kappa shape index (κ3) is 6.33. The van der Waals surface area contributed by atoms with E-state index in [9.17, 15) is 14.0 Å². The third-order valence-corrected chi connectivity index (χ3v) is 5.76. The van der Waals surface area contributed by atoms with Crippen molar-refractivity contribution in [3.05, 3.63) is 63.7 Å². The van der Waals surface area contributed by atoms with Gasteiger partial charge in [0.2, 0.25) is 6.41 Å². The smallest absolute Gasteiger partial charge is 0.212 e. The molecule has 1 atom stereocenters. The van der Waals surface area contributed by atoms with Gasteiger partial charge in [0.25, 0.3) is 0 Å². The number of carbonyl (C=O) groups excluding carboxylic acids is 2. The Labute approximate surface area is 210 Å². The number of anilines is 2. The van der Waals surface area contributed by atoms with E-state index in [1.807, 2.05) is 19.1 Å². The molecule has 0 aliphatic rings. The number of methoxy groups -OCH3 is 1. The number of benzene rings is 2. The Morgan fingerprint density at radius 2 is 2.03 bits per heavy atom. The Morgan fingerprint density at radius 1 is 1.28 bits per heavy atom. The molecule has 9 nitrogen and oxygen atoms in total. The molecular weight excluding hydrogens is 492 g/mol.